The molecule has 16 heavy (non-hydrogen) atoms. The fraction of sp³-hybridized carbons (Fsp3) is 0.615. The van der Waals surface area contributed by atoms with Crippen LogP contribution < -0.4 is 5.73 Å². The Kier molecular flexibility index (Phi) is 3.44. The zero-order valence-corrected chi connectivity index (χ0v) is 9.82. The molecule has 0 amide bonds. The molecule has 1 atom stereocenters. The molecule has 1 aliphatic rings. The molecule has 0 saturated heterocycles. The third-order valence-corrected chi connectivity index (χ3v) is 3.34. The molecular weight excluding hydrogens is 200 g/mol. The molecule has 1 heterocycles. The molecule has 0 aromatic carbocycles. The summed E-state index contributed by atoms with van der Waals surface area (Å²) in [5, 5.41) is 9.81. The van der Waals surface area contributed by atoms with Crippen LogP contribution in [0.2, 0.25) is 0 Å². The molecule has 1 aromatic heterocycles. The van der Waals surface area contributed by atoms with Crippen LogP contribution in [0.3, 0.4) is 0 Å². The third-order valence-electron chi connectivity index (χ3n) is 3.34. The van der Waals surface area contributed by atoms with Gasteiger partial charge in [-0.05, 0) is 49.1 Å². The normalized spacial score (nSPS) is 17.4. The smallest absolute Gasteiger partial charge is 0.126 e. The van der Waals surface area contributed by atoms with E-state index in [9.17, 15) is 5.11 Å². The first-order valence-electron chi connectivity index (χ1n) is 6.12. The van der Waals surface area contributed by atoms with Crippen LogP contribution in [0.1, 0.15) is 37.3 Å². The van der Waals surface area contributed by atoms with E-state index in [1.54, 1.807) is 0 Å². The van der Waals surface area contributed by atoms with E-state index in [0.29, 0.717) is 11.7 Å². The minimum Gasteiger partial charge on any atom is -0.393 e. The Balaban J connectivity index is 1.96. The first-order valence-corrected chi connectivity index (χ1v) is 6.12. The Labute approximate surface area is 96.7 Å². The first-order chi connectivity index (χ1) is 7.70. The number of aromatic nitrogens is 1. The number of hydrogen-bond donors (Lipinski definition) is 2. The molecule has 1 aromatic rings. The SMILES string of the molecule is CCc1cnc(N)c(CC[C@@H](O)C2CC2)c1. The highest BCUT2D eigenvalue weighted by Gasteiger charge is 2.29. The standard InChI is InChI=1S/C13H20N2O/c1-2-9-7-11(13(14)15-8-9)5-6-12(16)10-3-4-10/h7-8,10,12,16H,2-6H2,1H3,(H2,14,15)/t12-/m1/s1. The van der Waals surface area contributed by atoms with Crippen LogP contribution in [0.15, 0.2) is 12.3 Å². The first kappa shape index (κ1) is 11.4. The number of hydrogen-bond acceptors (Lipinski definition) is 3. The highest BCUT2D eigenvalue weighted by atomic mass is 16.3. The third kappa shape index (κ3) is 2.73. The molecule has 3 N–H and O–H groups in total. The maximum absolute atomic E-state index is 9.81. The van der Waals surface area contributed by atoms with Crippen LogP contribution in [0, 0.1) is 5.92 Å². The molecular formula is C13H20N2O. The fourth-order valence-corrected chi connectivity index (χ4v) is 1.98. The molecule has 88 valence electrons. The van der Waals surface area contributed by atoms with Crippen molar-refractivity contribution in [2.45, 2.75) is 45.1 Å². The number of aryl methyl sites for hydroxylation is 2. The van der Waals surface area contributed by atoms with Gasteiger partial charge in [-0.25, -0.2) is 4.98 Å². The van der Waals surface area contributed by atoms with E-state index in [0.717, 1.165) is 24.8 Å². The number of aliphatic hydroxyl groups is 1. The summed E-state index contributed by atoms with van der Waals surface area (Å²) in [6.07, 6.45) is 6.67. The topological polar surface area (TPSA) is 59.1 Å². The minimum atomic E-state index is -0.148. The summed E-state index contributed by atoms with van der Waals surface area (Å²) < 4.78 is 0. The average Bonchev–Trinajstić information content (AvgIpc) is 3.11. The molecule has 3 heteroatoms. The molecule has 1 aliphatic carbocycles. The number of aliphatic hydroxyl groups excluding tert-OH is 1. The van der Waals surface area contributed by atoms with Crippen LogP contribution in [-0.2, 0) is 12.8 Å². The largest absolute Gasteiger partial charge is 0.393 e. The second-order valence-corrected chi connectivity index (χ2v) is 4.68. The number of rotatable bonds is 5. The van der Waals surface area contributed by atoms with Crippen LogP contribution in [-0.4, -0.2) is 16.2 Å². The van der Waals surface area contributed by atoms with Crippen molar-refractivity contribution in [2.75, 3.05) is 5.73 Å². The van der Waals surface area contributed by atoms with Gasteiger partial charge in [0.1, 0.15) is 5.82 Å². The lowest BCUT2D eigenvalue weighted by Crippen LogP contribution is -2.11. The fourth-order valence-electron chi connectivity index (χ4n) is 1.98. The van der Waals surface area contributed by atoms with E-state index < -0.39 is 0 Å². The predicted molar refractivity (Wildman–Crippen MR) is 65.1 cm³/mol. The molecule has 0 radical (unpaired) electrons. The minimum absolute atomic E-state index is 0.148. The van der Waals surface area contributed by atoms with Crippen molar-refractivity contribution in [1.29, 1.82) is 0 Å². The Morgan fingerprint density at radius 2 is 2.31 bits per heavy atom. The summed E-state index contributed by atoms with van der Waals surface area (Å²) in [6.45, 7) is 2.11. The molecule has 0 aliphatic heterocycles. The highest BCUT2D eigenvalue weighted by Crippen LogP contribution is 2.34. The van der Waals surface area contributed by atoms with Crippen molar-refractivity contribution in [1.82, 2.24) is 4.98 Å². The maximum atomic E-state index is 9.81. The van der Waals surface area contributed by atoms with Crippen molar-refractivity contribution in [3.05, 3.63) is 23.4 Å². The molecule has 0 spiro atoms. The number of anilines is 1. The highest BCUT2D eigenvalue weighted by molar-refractivity contribution is 5.41. The van der Waals surface area contributed by atoms with Gasteiger partial charge >= 0.3 is 0 Å². The van der Waals surface area contributed by atoms with Gasteiger partial charge in [0, 0.05) is 6.20 Å². The van der Waals surface area contributed by atoms with Gasteiger partial charge in [0.2, 0.25) is 0 Å². The van der Waals surface area contributed by atoms with E-state index in [-0.39, 0.29) is 6.10 Å². The number of nitrogens with zero attached hydrogens (tertiary/aromatic N) is 1. The average molecular weight is 220 g/mol. The van der Waals surface area contributed by atoms with Crippen molar-refractivity contribution in [3.8, 4) is 0 Å². The molecule has 0 bridgehead atoms. The van der Waals surface area contributed by atoms with Crippen molar-refractivity contribution >= 4 is 5.82 Å². The van der Waals surface area contributed by atoms with E-state index in [1.165, 1.54) is 18.4 Å². The van der Waals surface area contributed by atoms with Crippen molar-refractivity contribution in [3.63, 3.8) is 0 Å². The molecule has 0 unspecified atom stereocenters. The second-order valence-electron chi connectivity index (χ2n) is 4.68. The van der Waals surface area contributed by atoms with Crippen LogP contribution >= 0.6 is 0 Å². The van der Waals surface area contributed by atoms with Gasteiger partial charge in [-0.3, -0.25) is 0 Å². The monoisotopic (exact) mass is 220 g/mol. The van der Waals surface area contributed by atoms with E-state index in [1.807, 2.05) is 6.20 Å². The van der Waals surface area contributed by atoms with Gasteiger partial charge in [-0.1, -0.05) is 13.0 Å². The maximum Gasteiger partial charge on any atom is 0.126 e. The van der Waals surface area contributed by atoms with Crippen molar-refractivity contribution in [2.24, 2.45) is 5.92 Å². The van der Waals surface area contributed by atoms with E-state index in [4.69, 9.17) is 5.73 Å². The Morgan fingerprint density at radius 3 is 2.94 bits per heavy atom. The number of nitrogens with two attached hydrogens (primary N) is 1. The number of nitrogen functional groups attached to an aromatic ring is 1. The Bertz CT molecular complexity index is 361. The van der Waals surface area contributed by atoms with Crippen LogP contribution in [0.25, 0.3) is 0 Å². The lowest BCUT2D eigenvalue weighted by molar-refractivity contribution is 0.142. The second kappa shape index (κ2) is 4.83. The van der Waals surface area contributed by atoms with Gasteiger partial charge < -0.3 is 10.8 Å². The summed E-state index contributed by atoms with van der Waals surface area (Å²) in [5.74, 6) is 1.16. The summed E-state index contributed by atoms with van der Waals surface area (Å²) in [6, 6.07) is 2.11. The van der Waals surface area contributed by atoms with Gasteiger partial charge in [0.15, 0.2) is 0 Å². The lowest BCUT2D eigenvalue weighted by Gasteiger charge is -2.10. The van der Waals surface area contributed by atoms with E-state index >= 15 is 0 Å². The summed E-state index contributed by atoms with van der Waals surface area (Å²) >= 11 is 0. The molecule has 1 fully saturated rings. The van der Waals surface area contributed by atoms with Crippen molar-refractivity contribution < 1.29 is 5.11 Å². The quantitative estimate of drug-likeness (QED) is 0.797. The summed E-state index contributed by atoms with van der Waals surface area (Å²) in [5.41, 5.74) is 8.12. The predicted octanol–water partition coefficient (Wildman–Crippen LogP) is 1.93. The van der Waals surface area contributed by atoms with Crippen LogP contribution in [0.4, 0.5) is 5.82 Å². The van der Waals surface area contributed by atoms with Gasteiger partial charge in [0.05, 0.1) is 6.10 Å². The molecule has 2 rings (SSSR count). The summed E-state index contributed by atoms with van der Waals surface area (Å²) in [4.78, 5) is 4.18. The zero-order chi connectivity index (χ0) is 11.5. The zero-order valence-electron chi connectivity index (χ0n) is 9.82. The summed E-state index contributed by atoms with van der Waals surface area (Å²) in [7, 11) is 0. The molecule has 1 saturated carbocycles. The Hall–Kier alpha value is -1.09. The lowest BCUT2D eigenvalue weighted by atomic mass is 10.0. The van der Waals surface area contributed by atoms with E-state index in [2.05, 4.69) is 18.0 Å². The van der Waals surface area contributed by atoms with Gasteiger partial charge in [-0.2, -0.15) is 0 Å². The number of pyridine rings is 1. The van der Waals surface area contributed by atoms with Crippen LogP contribution in [0.5, 0.6) is 0 Å². The van der Waals surface area contributed by atoms with Gasteiger partial charge in [-0.15, -0.1) is 0 Å². The Morgan fingerprint density at radius 1 is 1.56 bits per heavy atom. The molecule has 3 nitrogen and oxygen atoms in total. The van der Waals surface area contributed by atoms with Gasteiger partial charge in [0.25, 0.3) is 0 Å².